The van der Waals surface area contributed by atoms with Crippen molar-refractivity contribution in [2.75, 3.05) is 5.32 Å². The molecule has 1 aromatic carbocycles. The summed E-state index contributed by atoms with van der Waals surface area (Å²) in [6.07, 6.45) is 1.55. The number of carbonyl (C=O) groups is 1. The largest absolute Gasteiger partial charge is 0.319 e. The minimum absolute atomic E-state index is 0.245. The zero-order valence-corrected chi connectivity index (χ0v) is 13.5. The first-order valence-electron chi connectivity index (χ1n) is 6.65. The number of hydrogen-bond acceptors (Lipinski definition) is 4. The second-order valence-electron chi connectivity index (χ2n) is 4.77. The third kappa shape index (κ3) is 3.33. The van der Waals surface area contributed by atoms with Gasteiger partial charge in [0.1, 0.15) is 0 Å². The zero-order valence-electron chi connectivity index (χ0n) is 12.0. The highest BCUT2D eigenvalue weighted by Gasteiger charge is 2.13. The first-order chi connectivity index (χ1) is 11.0. The van der Waals surface area contributed by atoms with E-state index in [4.69, 9.17) is 23.2 Å². The van der Waals surface area contributed by atoms with Gasteiger partial charge in [-0.2, -0.15) is 15.4 Å². The van der Waals surface area contributed by atoms with Crippen molar-refractivity contribution in [2.45, 2.75) is 6.92 Å². The quantitative estimate of drug-likeness (QED) is 0.755. The van der Waals surface area contributed by atoms with E-state index in [9.17, 15) is 4.79 Å². The number of nitrogens with one attached hydrogen (secondary N) is 2. The first kappa shape index (κ1) is 15.5. The van der Waals surface area contributed by atoms with Gasteiger partial charge in [-0.25, -0.2) is 0 Å². The van der Waals surface area contributed by atoms with E-state index < -0.39 is 0 Å². The van der Waals surface area contributed by atoms with Gasteiger partial charge in [-0.1, -0.05) is 23.2 Å². The number of nitrogens with zero attached hydrogens (tertiary/aromatic N) is 3. The van der Waals surface area contributed by atoms with Crippen LogP contribution in [0.4, 0.5) is 5.69 Å². The fraction of sp³-hybridized carbons (Fsp3) is 0.0667. The van der Waals surface area contributed by atoms with Gasteiger partial charge in [-0.3, -0.25) is 9.78 Å². The molecule has 1 amide bonds. The van der Waals surface area contributed by atoms with E-state index in [1.807, 2.05) is 0 Å². The second kappa shape index (κ2) is 6.36. The normalized spacial score (nSPS) is 10.6. The third-order valence-electron chi connectivity index (χ3n) is 3.17. The molecule has 116 valence electrons. The van der Waals surface area contributed by atoms with Gasteiger partial charge in [0.25, 0.3) is 5.91 Å². The van der Waals surface area contributed by atoms with Gasteiger partial charge in [-0.05, 0) is 37.3 Å². The van der Waals surface area contributed by atoms with Crippen LogP contribution in [0.5, 0.6) is 0 Å². The summed E-state index contributed by atoms with van der Waals surface area (Å²) in [6.45, 7) is 1.70. The number of halogens is 2. The second-order valence-corrected chi connectivity index (χ2v) is 5.61. The Kier molecular flexibility index (Phi) is 4.27. The van der Waals surface area contributed by atoms with E-state index in [0.717, 1.165) is 5.56 Å². The summed E-state index contributed by atoms with van der Waals surface area (Å²) >= 11 is 12.0. The van der Waals surface area contributed by atoms with Crippen molar-refractivity contribution in [1.82, 2.24) is 20.4 Å². The van der Waals surface area contributed by atoms with E-state index >= 15 is 0 Å². The third-order valence-corrected chi connectivity index (χ3v) is 3.71. The minimum Gasteiger partial charge on any atom is -0.319 e. The molecule has 3 aromatic rings. The van der Waals surface area contributed by atoms with E-state index in [1.165, 1.54) is 0 Å². The topological polar surface area (TPSA) is 83.6 Å². The summed E-state index contributed by atoms with van der Waals surface area (Å²) in [4.78, 5) is 16.4. The maximum atomic E-state index is 12.0. The molecule has 0 radical (unpaired) electrons. The molecule has 2 aromatic heterocycles. The number of H-pyrrole nitrogens is 1. The fourth-order valence-corrected chi connectivity index (χ4v) is 2.52. The Morgan fingerprint density at radius 2 is 2.00 bits per heavy atom. The van der Waals surface area contributed by atoms with Crippen LogP contribution in [0.1, 0.15) is 16.2 Å². The van der Waals surface area contributed by atoms with Crippen LogP contribution < -0.4 is 5.32 Å². The van der Waals surface area contributed by atoms with Crippen molar-refractivity contribution < 1.29 is 4.79 Å². The summed E-state index contributed by atoms with van der Waals surface area (Å²) in [7, 11) is 0. The maximum absolute atomic E-state index is 12.0. The van der Waals surface area contributed by atoms with E-state index in [0.29, 0.717) is 27.1 Å². The lowest BCUT2D eigenvalue weighted by Gasteiger charge is -2.07. The summed E-state index contributed by atoms with van der Waals surface area (Å²) in [5.41, 5.74) is 2.77. The lowest BCUT2D eigenvalue weighted by Crippen LogP contribution is -2.13. The summed E-state index contributed by atoms with van der Waals surface area (Å²) in [6, 6.07) is 8.70. The van der Waals surface area contributed by atoms with Crippen molar-refractivity contribution in [2.24, 2.45) is 0 Å². The molecule has 0 aliphatic heterocycles. The fourth-order valence-electron chi connectivity index (χ4n) is 2.01. The first-order valence-corrected chi connectivity index (χ1v) is 7.40. The van der Waals surface area contributed by atoms with Crippen molar-refractivity contribution >= 4 is 34.8 Å². The Labute approximate surface area is 141 Å². The Bertz CT molecular complexity index is 861. The van der Waals surface area contributed by atoms with Gasteiger partial charge in [0.15, 0.2) is 5.69 Å². The van der Waals surface area contributed by atoms with Crippen LogP contribution in [-0.2, 0) is 0 Å². The van der Waals surface area contributed by atoms with Gasteiger partial charge < -0.3 is 5.32 Å². The number of benzene rings is 1. The molecule has 0 bridgehead atoms. The molecule has 0 aliphatic carbocycles. The Balaban J connectivity index is 1.80. The standard InChI is InChI=1S/C15H11Cl2N5O/c1-8-14(21-22-20-8)15(23)19-10-3-5-13(18-7-10)11-4-2-9(16)6-12(11)17/h2-7H,1H3,(H,19,23)(H,20,21,22). The molecule has 0 saturated carbocycles. The van der Waals surface area contributed by atoms with Gasteiger partial charge in [0.2, 0.25) is 0 Å². The molecule has 0 atom stereocenters. The molecular weight excluding hydrogens is 337 g/mol. The molecule has 8 heteroatoms. The summed E-state index contributed by atoms with van der Waals surface area (Å²) in [5.74, 6) is -0.352. The van der Waals surface area contributed by atoms with Gasteiger partial charge in [0.05, 0.1) is 28.3 Å². The maximum Gasteiger partial charge on any atom is 0.278 e. The SMILES string of the molecule is Cc1n[nH]nc1C(=O)Nc1ccc(-c2ccc(Cl)cc2Cl)nc1. The van der Waals surface area contributed by atoms with Crippen LogP contribution >= 0.6 is 23.2 Å². The number of anilines is 1. The molecule has 0 unspecified atom stereocenters. The lowest BCUT2D eigenvalue weighted by molar-refractivity contribution is 0.102. The molecule has 0 fully saturated rings. The molecule has 6 nitrogen and oxygen atoms in total. The molecular formula is C15H11Cl2N5O. The average Bonchev–Trinajstić information content (AvgIpc) is 2.95. The molecule has 0 saturated heterocycles. The van der Waals surface area contributed by atoms with Gasteiger partial charge >= 0.3 is 0 Å². The predicted molar refractivity (Wildman–Crippen MR) is 88.8 cm³/mol. The van der Waals surface area contributed by atoms with Crippen molar-refractivity contribution in [3.63, 3.8) is 0 Å². The number of rotatable bonds is 3. The van der Waals surface area contributed by atoms with Crippen LogP contribution in [0, 0.1) is 6.92 Å². The Morgan fingerprint density at radius 1 is 1.17 bits per heavy atom. The number of pyridine rings is 1. The van der Waals surface area contributed by atoms with Crippen LogP contribution in [0.2, 0.25) is 10.0 Å². The molecule has 2 heterocycles. The van der Waals surface area contributed by atoms with E-state index in [-0.39, 0.29) is 11.6 Å². The van der Waals surface area contributed by atoms with Crippen LogP contribution in [0.3, 0.4) is 0 Å². The predicted octanol–water partition coefficient (Wildman–Crippen LogP) is 3.73. The average molecular weight is 348 g/mol. The molecule has 0 spiro atoms. The smallest absolute Gasteiger partial charge is 0.278 e. The van der Waals surface area contributed by atoms with Crippen LogP contribution in [0.15, 0.2) is 36.5 Å². The highest BCUT2D eigenvalue weighted by atomic mass is 35.5. The number of aromatic amines is 1. The number of amides is 1. The molecule has 23 heavy (non-hydrogen) atoms. The number of aromatic nitrogens is 4. The van der Waals surface area contributed by atoms with E-state index in [2.05, 4.69) is 25.7 Å². The number of aryl methyl sites for hydroxylation is 1. The van der Waals surface area contributed by atoms with Crippen molar-refractivity contribution in [1.29, 1.82) is 0 Å². The number of carbonyl (C=O) groups excluding carboxylic acids is 1. The van der Waals surface area contributed by atoms with E-state index in [1.54, 1.807) is 43.5 Å². The molecule has 2 N–H and O–H groups in total. The summed E-state index contributed by atoms with van der Waals surface area (Å²) < 4.78 is 0. The van der Waals surface area contributed by atoms with Gasteiger partial charge in [-0.15, -0.1) is 0 Å². The highest BCUT2D eigenvalue weighted by molar-refractivity contribution is 6.36. The summed E-state index contributed by atoms with van der Waals surface area (Å²) in [5, 5.41) is 13.8. The van der Waals surface area contributed by atoms with Crippen molar-refractivity contribution in [3.05, 3.63) is 58.0 Å². The Morgan fingerprint density at radius 3 is 2.61 bits per heavy atom. The Hall–Kier alpha value is -2.44. The minimum atomic E-state index is -0.352. The molecule has 0 aliphatic rings. The number of hydrogen-bond donors (Lipinski definition) is 2. The van der Waals surface area contributed by atoms with Gasteiger partial charge in [0, 0.05) is 10.6 Å². The highest BCUT2D eigenvalue weighted by Crippen LogP contribution is 2.29. The van der Waals surface area contributed by atoms with Crippen LogP contribution in [-0.4, -0.2) is 26.3 Å². The van der Waals surface area contributed by atoms with Crippen LogP contribution in [0.25, 0.3) is 11.3 Å². The van der Waals surface area contributed by atoms with Crippen molar-refractivity contribution in [3.8, 4) is 11.3 Å². The molecule has 3 rings (SSSR count). The monoisotopic (exact) mass is 347 g/mol. The lowest BCUT2D eigenvalue weighted by atomic mass is 10.1. The zero-order chi connectivity index (χ0) is 16.4.